The lowest BCUT2D eigenvalue weighted by molar-refractivity contribution is 0.254. The average molecular weight is 495 g/mol. The van der Waals surface area contributed by atoms with E-state index in [9.17, 15) is 0 Å². The van der Waals surface area contributed by atoms with E-state index in [2.05, 4.69) is 59.7 Å². The van der Waals surface area contributed by atoms with Crippen LogP contribution in [-0.4, -0.2) is 67.1 Å². The number of anilines is 1. The molecule has 28 heavy (non-hydrogen) atoms. The van der Waals surface area contributed by atoms with Gasteiger partial charge in [-0.1, -0.05) is 30.3 Å². The number of halogens is 1. The van der Waals surface area contributed by atoms with Gasteiger partial charge in [0, 0.05) is 58.7 Å². The standard InChI is InChI=1S/C20H29N7.HI/c1-21-19(25-17-18-7-3-2-4-8-18)22-11-6-12-26-13-15-27(16-14-26)20-23-9-5-10-24-20;/h2-5,7-10H,6,11-17H2,1H3,(H2,21,22,25);1H. The van der Waals surface area contributed by atoms with Crippen molar-refractivity contribution >= 4 is 35.9 Å². The van der Waals surface area contributed by atoms with Crippen molar-refractivity contribution in [1.29, 1.82) is 0 Å². The molecule has 7 nitrogen and oxygen atoms in total. The molecule has 1 fully saturated rings. The number of rotatable bonds is 7. The Balaban J connectivity index is 0.00000280. The van der Waals surface area contributed by atoms with Gasteiger partial charge in [-0.2, -0.15) is 0 Å². The molecule has 1 aliphatic heterocycles. The van der Waals surface area contributed by atoms with Crippen LogP contribution in [0.3, 0.4) is 0 Å². The number of aliphatic imine (C=N–C) groups is 1. The highest BCUT2D eigenvalue weighted by Gasteiger charge is 2.18. The van der Waals surface area contributed by atoms with Crippen molar-refractivity contribution in [2.45, 2.75) is 13.0 Å². The van der Waals surface area contributed by atoms with Crippen LogP contribution >= 0.6 is 24.0 Å². The largest absolute Gasteiger partial charge is 0.356 e. The molecule has 2 heterocycles. The second-order valence-corrected chi connectivity index (χ2v) is 6.57. The fourth-order valence-electron chi connectivity index (χ4n) is 3.14. The average Bonchev–Trinajstić information content (AvgIpc) is 2.75. The summed E-state index contributed by atoms with van der Waals surface area (Å²) in [6.07, 6.45) is 4.70. The first-order valence-corrected chi connectivity index (χ1v) is 9.58. The number of aromatic nitrogens is 2. The van der Waals surface area contributed by atoms with Gasteiger partial charge in [0.1, 0.15) is 0 Å². The summed E-state index contributed by atoms with van der Waals surface area (Å²) in [6.45, 7) is 6.86. The van der Waals surface area contributed by atoms with Gasteiger partial charge >= 0.3 is 0 Å². The van der Waals surface area contributed by atoms with Crippen LogP contribution < -0.4 is 15.5 Å². The van der Waals surface area contributed by atoms with Crippen molar-refractivity contribution in [3.8, 4) is 0 Å². The number of guanidine groups is 1. The Kier molecular flexibility index (Phi) is 9.98. The van der Waals surface area contributed by atoms with E-state index in [4.69, 9.17) is 0 Å². The summed E-state index contributed by atoms with van der Waals surface area (Å²) in [5, 5.41) is 6.75. The molecule has 0 saturated carbocycles. The van der Waals surface area contributed by atoms with Crippen molar-refractivity contribution in [3.63, 3.8) is 0 Å². The molecule has 2 N–H and O–H groups in total. The van der Waals surface area contributed by atoms with Gasteiger partial charge in [0.05, 0.1) is 0 Å². The normalized spacial score (nSPS) is 15.0. The minimum absolute atomic E-state index is 0. The zero-order valence-electron chi connectivity index (χ0n) is 16.4. The maximum atomic E-state index is 4.34. The Hall–Kier alpha value is -1.94. The zero-order valence-corrected chi connectivity index (χ0v) is 18.8. The molecule has 1 aromatic heterocycles. The molecule has 0 amide bonds. The van der Waals surface area contributed by atoms with E-state index >= 15 is 0 Å². The lowest BCUT2D eigenvalue weighted by atomic mass is 10.2. The van der Waals surface area contributed by atoms with Crippen LogP contribution in [-0.2, 0) is 6.54 Å². The summed E-state index contributed by atoms with van der Waals surface area (Å²) in [5.74, 6) is 1.69. The van der Waals surface area contributed by atoms with Crippen LogP contribution in [0.1, 0.15) is 12.0 Å². The van der Waals surface area contributed by atoms with E-state index in [0.29, 0.717) is 0 Å². The van der Waals surface area contributed by atoms with Gasteiger partial charge < -0.3 is 15.5 Å². The first kappa shape index (κ1) is 22.4. The van der Waals surface area contributed by atoms with Crippen LogP contribution in [0, 0.1) is 0 Å². The van der Waals surface area contributed by atoms with Crippen molar-refractivity contribution in [1.82, 2.24) is 25.5 Å². The van der Waals surface area contributed by atoms with E-state index in [1.54, 1.807) is 12.4 Å². The van der Waals surface area contributed by atoms with Gasteiger partial charge in [0.15, 0.2) is 5.96 Å². The van der Waals surface area contributed by atoms with Crippen molar-refractivity contribution in [3.05, 3.63) is 54.4 Å². The Morgan fingerprint density at radius 2 is 1.71 bits per heavy atom. The Labute approximate surface area is 184 Å². The van der Waals surface area contributed by atoms with Gasteiger partial charge in [-0.15, -0.1) is 24.0 Å². The maximum absolute atomic E-state index is 4.34. The van der Waals surface area contributed by atoms with Crippen molar-refractivity contribution < 1.29 is 0 Å². The third kappa shape index (κ3) is 7.23. The molecule has 0 atom stereocenters. The van der Waals surface area contributed by atoms with Crippen LogP contribution in [0.4, 0.5) is 5.95 Å². The molecule has 1 aromatic carbocycles. The number of nitrogens with one attached hydrogen (secondary N) is 2. The monoisotopic (exact) mass is 495 g/mol. The second kappa shape index (κ2) is 12.5. The van der Waals surface area contributed by atoms with E-state index in [1.807, 2.05) is 19.2 Å². The highest BCUT2D eigenvalue weighted by Crippen LogP contribution is 2.09. The molecule has 1 saturated heterocycles. The van der Waals surface area contributed by atoms with E-state index in [-0.39, 0.29) is 24.0 Å². The topological polar surface area (TPSA) is 68.7 Å². The Morgan fingerprint density at radius 1 is 1.00 bits per heavy atom. The minimum Gasteiger partial charge on any atom is -0.356 e. The lowest BCUT2D eigenvalue weighted by Crippen LogP contribution is -2.47. The number of nitrogens with zero attached hydrogens (tertiary/aromatic N) is 5. The fraction of sp³-hybridized carbons (Fsp3) is 0.450. The lowest BCUT2D eigenvalue weighted by Gasteiger charge is -2.34. The van der Waals surface area contributed by atoms with Crippen LogP contribution in [0.25, 0.3) is 0 Å². The predicted octanol–water partition coefficient (Wildman–Crippen LogP) is 1.97. The molecule has 0 bridgehead atoms. The third-order valence-electron chi connectivity index (χ3n) is 4.68. The van der Waals surface area contributed by atoms with Crippen molar-refractivity contribution in [2.75, 3.05) is 51.2 Å². The number of hydrogen-bond acceptors (Lipinski definition) is 5. The van der Waals surface area contributed by atoms with Gasteiger partial charge in [0.2, 0.25) is 5.95 Å². The SMILES string of the molecule is CN=C(NCCCN1CCN(c2ncccn2)CC1)NCc1ccccc1.I. The van der Waals surface area contributed by atoms with E-state index in [0.717, 1.165) is 64.1 Å². The maximum Gasteiger partial charge on any atom is 0.225 e. The van der Waals surface area contributed by atoms with Crippen LogP contribution in [0.15, 0.2) is 53.8 Å². The van der Waals surface area contributed by atoms with Gasteiger partial charge in [-0.25, -0.2) is 9.97 Å². The Bertz CT molecular complexity index is 688. The van der Waals surface area contributed by atoms with Crippen LogP contribution in [0.2, 0.25) is 0 Å². The molecule has 0 spiro atoms. The fourth-order valence-corrected chi connectivity index (χ4v) is 3.14. The molecule has 0 unspecified atom stereocenters. The summed E-state index contributed by atoms with van der Waals surface area (Å²) < 4.78 is 0. The number of piperazine rings is 1. The molecule has 3 rings (SSSR count). The first-order chi connectivity index (χ1) is 13.3. The minimum atomic E-state index is 0. The summed E-state index contributed by atoms with van der Waals surface area (Å²) in [5.41, 5.74) is 1.25. The van der Waals surface area contributed by atoms with Gasteiger partial charge in [-0.05, 0) is 24.6 Å². The molecule has 0 radical (unpaired) electrons. The molecular formula is C20H30IN7. The van der Waals surface area contributed by atoms with Gasteiger partial charge in [0.25, 0.3) is 0 Å². The smallest absolute Gasteiger partial charge is 0.225 e. The summed E-state index contributed by atoms with van der Waals surface area (Å²) in [6, 6.07) is 12.2. The van der Waals surface area contributed by atoms with Crippen LogP contribution in [0.5, 0.6) is 0 Å². The molecule has 152 valence electrons. The van der Waals surface area contributed by atoms with E-state index < -0.39 is 0 Å². The first-order valence-electron chi connectivity index (χ1n) is 9.58. The molecule has 8 heteroatoms. The molecule has 0 aliphatic carbocycles. The zero-order chi connectivity index (χ0) is 18.7. The Morgan fingerprint density at radius 3 is 2.39 bits per heavy atom. The highest BCUT2D eigenvalue weighted by atomic mass is 127. The third-order valence-corrected chi connectivity index (χ3v) is 4.68. The predicted molar refractivity (Wildman–Crippen MR) is 125 cm³/mol. The van der Waals surface area contributed by atoms with E-state index in [1.165, 1.54) is 5.56 Å². The van der Waals surface area contributed by atoms with Crippen molar-refractivity contribution in [2.24, 2.45) is 4.99 Å². The van der Waals surface area contributed by atoms with Gasteiger partial charge in [-0.3, -0.25) is 9.89 Å². The molecule has 2 aromatic rings. The quantitative estimate of drug-likeness (QED) is 0.265. The highest BCUT2D eigenvalue weighted by molar-refractivity contribution is 14.0. The number of benzene rings is 1. The second-order valence-electron chi connectivity index (χ2n) is 6.57. The molecule has 1 aliphatic rings. The molecular weight excluding hydrogens is 465 g/mol. The summed E-state index contributed by atoms with van der Waals surface area (Å²) in [7, 11) is 1.81. The summed E-state index contributed by atoms with van der Waals surface area (Å²) in [4.78, 5) is 17.7. The number of hydrogen-bond donors (Lipinski definition) is 2. The summed E-state index contributed by atoms with van der Waals surface area (Å²) >= 11 is 0.